The van der Waals surface area contributed by atoms with Crippen molar-refractivity contribution in [2.75, 3.05) is 31.1 Å². The molecule has 1 aliphatic heterocycles. The van der Waals surface area contributed by atoms with Gasteiger partial charge in [-0.05, 0) is 37.3 Å². The van der Waals surface area contributed by atoms with Crippen LogP contribution in [-0.4, -0.2) is 51.9 Å². The zero-order chi connectivity index (χ0) is 20.7. The fourth-order valence-corrected chi connectivity index (χ4v) is 4.05. The highest BCUT2D eigenvalue weighted by Gasteiger charge is 2.25. The van der Waals surface area contributed by atoms with Crippen LogP contribution in [0.4, 0.5) is 10.2 Å². The number of benzene rings is 2. The van der Waals surface area contributed by atoms with Gasteiger partial charge in [-0.25, -0.2) is 14.4 Å². The van der Waals surface area contributed by atoms with Gasteiger partial charge >= 0.3 is 0 Å². The van der Waals surface area contributed by atoms with Gasteiger partial charge in [-0.2, -0.15) is 0 Å². The minimum absolute atomic E-state index is 0.0516. The van der Waals surface area contributed by atoms with Crippen molar-refractivity contribution in [3.05, 3.63) is 71.9 Å². The van der Waals surface area contributed by atoms with Gasteiger partial charge in [0.2, 0.25) is 0 Å². The second kappa shape index (κ2) is 7.33. The molecule has 4 aromatic rings. The summed E-state index contributed by atoms with van der Waals surface area (Å²) < 4.78 is 13.6. The van der Waals surface area contributed by atoms with Crippen LogP contribution < -0.4 is 4.90 Å². The summed E-state index contributed by atoms with van der Waals surface area (Å²) in [5.74, 6) is 0.488. The number of para-hydroxylation sites is 1. The summed E-state index contributed by atoms with van der Waals surface area (Å²) in [6.07, 6.45) is 1.58. The molecule has 1 fully saturated rings. The van der Waals surface area contributed by atoms with Crippen LogP contribution in [0.15, 0.2) is 54.9 Å². The summed E-state index contributed by atoms with van der Waals surface area (Å²) in [6, 6.07) is 14.1. The number of amides is 1. The molecule has 150 valence electrons. The van der Waals surface area contributed by atoms with Crippen LogP contribution in [0.1, 0.15) is 16.1 Å². The number of aryl methyl sites for hydroxylation is 1. The molecule has 0 spiro atoms. The Balaban J connectivity index is 1.40. The van der Waals surface area contributed by atoms with Crippen LogP contribution in [0.3, 0.4) is 0 Å². The van der Waals surface area contributed by atoms with Gasteiger partial charge in [-0.1, -0.05) is 12.1 Å². The van der Waals surface area contributed by atoms with Crippen LogP contribution in [0, 0.1) is 12.7 Å². The Hall–Kier alpha value is -3.61. The first-order valence-corrected chi connectivity index (χ1v) is 9.91. The number of carbonyl (C=O) groups excluding carboxylic acids is 1. The van der Waals surface area contributed by atoms with Gasteiger partial charge in [-0.15, -0.1) is 0 Å². The molecule has 30 heavy (non-hydrogen) atoms. The molecule has 2 aromatic carbocycles. The maximum atomic E-state index is 13.6. The molecule has 3 heterocycles. The highest BCUT2D eigenvalue weighted by molar-refractivity contribution is 6.06. The Labute approximate surface area is 173 Å². The Morgan fingerprint density at radius 1 is 0.933 bits per heavy atom. The van der Waals surface area contributed by atoms with Crippen LogP contribution >= 0.6 is 0 Å². The Bertz CT molecular complexity index is 1260. The van der Waals surface area contributed by atoms with Crippen LogP contribution in [0.2, 0.25) is 0 Å². The lowest BCUT2D eigenvalue weighted by Gasteiger charge is -2.36. The molecule has 0 radical (unpaired) electrons. The topological polar surface area (TPSA) is 62.2 Å². The van der Waals surface area contributed by atoms with Gasteiger partial charge < -0.3 is 9.80 Å². The van der Waals surface area contributed by atoms with E-state index in [2.05, 4.69) is 19.9 Å². The number of anilines is 1. The zero-order valence-corrected chi connectivity index (χ0v) is 16.5. The quantitative estimate of drug-likeness (QED) is 0.514. The smallest absolute Gasteiger partial charge is 0.254 e. The number of piperazine rings is 1. The fraction of sp³-hybridized carbons (Fsp3) is 0.217. The number of rotatable bonds is 2. The summed E-state index contributed by atoms with van der Waals surface area (Å²) in [5, 5.41) is 1.69. The molecule has 6 nitrogen and oxygen atoms in total. The maximum absolute atomic E-state index is 13.6. The van der Waals surface area contributed by atoms with E-state index >= 15 is 0 Å². The van der Waals surface area contributed by atoms with Crippen molar-refractivity contribution in [3.8, 4) is 0 Å². The van der Waals surface area contributed by atoms with Crippen molar-refractivity contribution in [2.45, 2.75) is 6.92 Å². The molecule has 1 amide bonds. The number of hydrogen-bond donors (Lipinski definition) is 0. The number of halogens is 1. The van der Waals surface area contributed by atoms with E-state index in [1.165, 1.54) is 12.1 Å². The normalized spacial score (nSPS) is 14.5. The molecule has 1 aliphatic rings. The number of aromatic nitrogens is 3. The van der Waals surface area contributed by atoms with E-state index in [-0.39, 0.29) is 11.7 Å². The molecule has 0 aliphatic carbocycles. The first-order valence-electron chi connectivity index (χ1n) is 9.91. The van der Waals surface area contributed by atoms with Crippen molar-refractivity contribution in [3.63, 3.8) is 0 Å². The third-order valence-corrected chi connectivity index (χ3v) is 5.52. The molecule has 0 bridgehead atoms. The first-order chi connectivity index (χ1) is 14.6. The molecule has 7 heteroatoms. The predicted octanol–water partition coefficient (Wildman–Crippen LogP) is 3.59. The third-order valence-electron chi connectivity index (χ3n) is 5.52. The SMILES string of the molecule is Cc1cc(C(=O)N2CCN(c3ncnc4ccccc34)CC2)c2ccc(F)cc2n1. The molecule has 0 unspecified atom stereocenters. The van der Waals surface area contributed by atoms with Crippen molar-refractivity contribution in [1.82, 2.24) is 19.9 Å². The third kappa shape index (κ3) is 3.22. The molecule has 0 atom stereocenters. The minimum Gasteiger partial charge on any atom is -0.352 e. The van der Waals surface area contributed by atoms with E-state index in [4.69, 9.17) is 0 Å². The summed E-state index contributed by atoms with van der Waals surface area (Å²) in [6.45, 7) is 4.36. The molecule has 2 aromatic heterocycles. The summed E-state index contributed by atoms with van der Waals surface area (Å²) in [5.41, 5.74) is 2.68. The number of fused-ring (bicyclic) bond motifs is 2. The Kier molecular flexibility index (Phi) is 4.50. The largest absolute Gasteiger partial charge is 0.352 e. The second-order valence-electron chi connectivity index (χ2n) is 7.47. The fourth-order valence-electron chi connectivity index (χ4n) is 4.05. The van der Waals surface area contributed by atoms with E-state index in [0.717, 1.165) is 16.7 Å². The number of nitrogens with zero attached hydrogens (tertiary/aromatic N) is 5. The van der Waals surface area contributed by atoms with E-state index < -0.39 is 0 Å². The molecule has 0 N–H and O–H groups in total. The van der Waals surface area contributed by atoms with E-state index in [0.29, 0.717) is 48.3 Å². The van der Waals surface area contributed by atoms with Crippen LogP contribution in [0.25, 0.3) is 21.8 Å². The highest BCUT2D eigenvalue weighted by Crippen LogP contribution is 2.25. The predicted molar refractivity (Wildman–Crippen MR) is 114 cm³/mol. The standard InChI is InChI=1S/C23H20FN5O/c1-15-12-19(17-7-6-16(24)13-21(17)27-15)23(30)29-10-8-28(9-11-29)22-18-4-2-3-5-20(18)25-14-26-22/h2-7,12-14H,8-11H2,1H3. The minimum atomic E-state index is -0.357. The molecular formula is C23H20FN5O. The first kappa shape index (κ1) is 18.4. The average molecular weight is 401 g/mol. The lowest BCUT2D eigenvalue weighted by atomic mass is 10.1. The van der Waals surface area contributed by atoms with Crippen molar-refractivity contribution in [2.24, 2.45) is 0 Å². The number of hydrogen-bond acceptors (Lipinski definition) is 5. The van der Waals surface area contributed by atoms with E-state index in [1.807, 2.05) is 36.1 Å². The van der Waals surface area contributed by atoms with Crippen molar-refractivity contribution < 1.29 is 9.18 Å². The lowest BCUT2D eigenvalue weighted by Crippen LogP contribution is -2.49. The van der Waals surface area contributed by atoms with Gasteiger partial charge in [0.15, 0.2) is 0 Å². The Morgan fingerprint density at radius 3 is 2.57 bits per heavy atom. The van der Waals surface area contributed by atoms with E-state index in [9.17, 15) is 9.18 Å². The summed E-state index contributed by atoms with van der Waals surface area (Å²) in [4.78, 5) is 30.5. The lowest BCUT2D eigenvalue weighted by molar-refractivity contribution is 0.0748. The van der Waals surface area contributed by atoms with Crippen LogP contribution in [-0.2, 0) is 0 Å². The second-order valence-corrected chi connectivity index (χ2v) is 7.47. The van der Waals surface area contributed by atoms with Gasteiger partial charge in [0, 0.05) is 48.7 Å². The molecule has 0 saturated carbocycles. The molecule has 1 saturated heterocycles. The van der Waals surface area contributed by atoms with E-state index in [1.54, 1.807) is 18.5 Å². The van der Waals surface area contributed by atoms with Gasteiger partial charge in [-0.3, -0.25) is 9.78 Å². The zero-order valence-electron chi connectivity index (χ0n) is 16.5. The van der Waals surface area contributed by atoms with Crippen molar-refractivity contribution in [1.29, 1.82) is 0 Å². The molecule has 5 rings (SSSR count). The van der Waals surface area contributed by atoms with Gasteiger partial charge in [0.1, 0.15) is 18.0 Å². The van der Waals surface area contributed by atoms with Crippen LogP contribution in [0.5, 0.6) is 0 Å². The summed E-state index contributed by atoms with van der Waals surface area (Å²) in [7, 11) is 0. The summed E-state index contributed by atoms with van der Waals surface area (Å²) >= 11 is 0. The van der Waals surface area contributed by atoms with Crippen molar-refractivity contribution >= 4 is 33.5 Å². The number of carbonyl (C=O) groups is 1. The monoisotopic (exact) mass is 401 g/mol. The van der Waals surface area contributed by atoms with Gasteiger partial charge in [0.25, 0.3) is 5.91 Å². The number of pyridine rings is 1. The van der Waals surface area contributed by atoms with Gasteiger partial charge in [0.05, 0.1) is 16.6 Å². The molecular weight excluding hydrogens is 381 g/mol. The Morgan fingerprint density at radius 2 is 1.73 bits per heavy atom. The average Bonchev–Trinajstić information content (AvgIpc) is 2.77. The maximum Gasteiger partial charge on any atom is 0.254 e. The highest BCUT2D eigenvalue weighted by atomic mass is 19.1.